The van der Waals surface area contributed by atoms with Crippen LogP contribution in [0.1, 0.15) is 57.6 Å². The molecule has 3 amide bonds. The van der Waals surface area contributed by atoms with Crippen LogP contribution in [-0.2, 0) is 20.9 Å². The molecule has 11 heteroatoms. The molecular formula is C24H29F3N4O4. The Morgan fingerprint density at radius 3 is 2.49 bits per heavy atom. The monoisotopic (exact) mass is 494 g/mol. The number of alkyl halides is 3. The summed E-state index contributed by atoms with van der Waals surface area (Å²) in [6, 6.07) is 5.36. The highest BCUT2D eigenvalue weighted by molar-refractivity contribution is 5.95. The minimum absolute atomic E-state index is 0.00619. The molecule has 1 aromatic rings. The number of rotatable bonds is 6. The highest BCUT2D eigenvalue weighted by Gasteiger charge is 2.54. The van der Waals surface area contributed by atoms with Crippen LogP contribution in [0.3, 0.4) is 0 Å². The van der Waals surface area contributed by atoms with Gasteiger partial charge in [0.05, 0.1) is 17.6 Å². The predicted molar refractivity (Wildman–Crippen MR) is 119 cm³/mol. The third kappa shape index (κ3) is 6.65. The number of piperidine rings is 1. The zero-order valence-corrected chi connectivity index (χ0v) is 19.9. The Kier molecular flexibility index (Phi) is 7.34. The van der Waals surface area contributed by atoms with Gasteiger partial charge in [-0.05, 0) is 37.8 Å². The molecule has 35 heavy (non-hydrogen) atoms. The lowest BCUT2D eigenvalue weighted by Crippen LogP contribution is -2.56. The number of amides is 3. The van der Waals surface area contributed by atoms with E-state index >= 15 is 0 Å². The fraction of sp³-hybridized carbons (Fsp3) is 0.583. The van der Waals surface area contributed by atoms with Crippen molar-refractivity contribution >= 4 is 17.7 Å². The summed E-state index contributed by atoms with van der Waals surface area (Å²) >= 11 is 0. The predicted octanol–water partition coefficient (Wildman–Crippen LogP) is 3.01. The highest BCUT2D eigenvalue weighted by atomic mass is 19.4. The topological polar surface area (TPSA) is 112 Å². The number of carbonyl (C=O) groups excluding carboxylic acids is 3. The summed E-state index contributed by atoms with van der Waals surface area (Å²) in [6.45, 7) is 5.70. The van der Waals surface area contributed by atoms with Gasteiger partial charge >= 0.3 is 6.36 Å². The SMILES string of the molecule is CC(C)(C)C(=O)NC1(C(=O)N2CCCC(C(=O)NCc3ccc(C#N)cc3OC(F)(F)F)C2)CC1. The fourth-order valence-electron chi connectivity index (χ4n) is 3.92. The van der Waals surface area contributed by atoms with Gasteiger partial charge in [-0.3, -0.25) is 14.4 Å². The van der Waals surface area contributed by atoms with Gasteiger partial charge in [-0.15, -0.1) is 13.2 Å². The molecule has 1 unspecified atom stereocenters. The third-order valence-corrected chi connectivity index (χ3v) is 6.15. The number of carbonyl (C=O) groups is 3. The van der Waals surface area contributed by atoms with Crippen molar-refractivity contribution in [2.24, 2.45) is 11.3 Å². The Hall–Kier alpha value is -3.29. The van der Waals surface area contributed by atoms with Crippen LogP contribution in [0, 0.1) is 22.7 Å². The van der Waals surface area contributed by atoms with Crippen LogP contribution in [0.15, 0.2) is 18.2 Å². The van der Waals surface area contributed by atoms with E-state index < -0.39 is 34.9 Å². The first-order valence-electron chi connectivity index (χ1n) is 11.4. The van der Waals surface area contributed by atoms with Crippen molar-refractivity contribution in [2.45, 2.75) is 64.9 Å². The van der Waals surface area contributed by atoms with E-state index in [0.717, 1.165) is 6.07 Å². The van der Waals surface area contributed by atoms with E-state index in [1.807, 2.05) is 0 Å². The molecule has 1 aliphatic heterocycles. The maximum atomic E-state index is 13.2. The Morgan fingerprint density at radius 1 is 1.23 bits per heavy atom. The smallest absolute Gasteiger partial charge is 0.405 e. The van der Waals surface area contributed by atoms with Crippen LogP contribution in [0.4, 0.5) is 13.2 Å². The minimum atomic E-state index is -4.95. The number of halogens is 3. The minimum Gasteiger partial charge on any atom is -0.405 e. The molecule has 0 aromatic heterocycles. The average molecular weight is 495 g/mol. The van der Waals surface area contributed by atoms with Gasteiger partial charge < -0.3 is 20.3 Å². The van der Waals surface area contributed by atoms with Gasteiger partial charge in [0, 0.05) is 30.6 Å². The maximum absolute atomic E-state index is 13.2. The van der Waals surface area contributed by atoms with E-state index in [9.17, 15) is 27.6 Å². The lowest BCUT2D eigenvalue weighted by atomic mass is 9.94. The standard InChI is InChI=1S/C24H29F3N4O4/c1-22(2,3)20(33)30-23(8-9-23)21(34)31-10-4-5-17(14-31)19(32)29-13-16-7-6-15(12-28)11-18(16)35-24(25,26)27/h6-7,11,17H,4-5,8-10,13-14H2,1-3H3,(H,29,32)(H,30,33). The molecule has 0 spiro atoms. The summed E-state index contributed by atoms with van der Waals surface area (Å²) in [5, 5.41) is 14.4. The lowest BCUT2D eigenvalue weighted by Gasteiger charge is -2.35. The van der Waals surface area contributed by atoms with E-state index in [2.05, 4.69) is 15.4 Å². The van der Waals surface area contributed by atoms with Crippen LogP contribution in [0.2, 0.25) is 0 Å². The van der Waals surface area contributed by atoms with E-state index in [4.69, 9.17) is 5.26 Å². The molecule has 0 radical (unpaired) electrons. The van der Waals surface area contributed by atoms with Gasteiger partial charge in [0.2, 0.25) is 17.7 Å². The van der Waals surface area contributed by atoms with Gasteiger partial charge in [-0.2, -0.15) is 5.26 Å². The normalized spacial score (nSPS) is 19.3. The second-order valence-electron chi connectivity index (χ2n) is 10.1. The van der Waals surface area contributed by atoms with Crippen molar-refractivity contribution in [3.63, 3.8) is 0 Å². The number of hydrogen-bond acceptors (Lipinski definition) is 5. The summed E-state index contributed by atoms with van der Waals surface area (Å²) in [7, 11) is 0. The average Bonchev–Trinajstić information content (AvgIpc) is 3.56. The van der Waals surface area contributed by atoms with Crippen LogP contribution >= 0.6 is 0 Å². The van der Waals surface area contributed by atoms with Crippen molar-refractivity contribution < 1.29 is 32.3 Å². The summed E-state index contributed by atoms with van der Waals surface area (Å²) in [5.41, 5.74) is -1.50. The Labute approximate surface area is 201 Å². The molecule has 8 nitrogen and oxygen atoms in total. The quantitative estimate of drug-likeness (QED) is 0.632. The van der Waals surface area contributed by atoms with E-state index in [-0.39, 0.29) is 36.0 Å². The number of likely N-dealkylation sites (tertiary alicyclic amines) is 1. The van der Waals surface area contributed by atoms with Crippen LogP contribution < -0.4 is 15.4 Å². The maximum Gasteiger partial charge on any atom is 0.573 e. The number of ether oxygens (including phenoxy) is 1. The van der Waals surface area contributed by atoms with Gasteiger partial charge in [-0.1, -0.05) is 26.8 Å². The second-order valence-corrected chi connectivity index (χ2v) is 10.1. The van der Waals surface area contributed by atoms with Crippen molar-refractivity contribution in [1.29, 1.82) is 5.26 Å². The molecule has 0 bridgehead atoms. The first kappa shape index (κ1) is 26.3. The largest absolute Gasteiger partial charge is 0.573 e. The Bertz CT molecular complexity index is 1040. The molecule has 1 heterocycles. The number of benzene rings is 1. The summed E-state index contributed by atoms with van der Waals surface area (Å²) < 4.78 is 42.3. The molecule has 3 rings (SSSR count). The Morgan fingerprint density at radius 2 is 1.91 bits per heavy atom. The first-order chi connectivity index (χ1) is 16.2. The zero-order chi connectivity index (χ0) is 26.0. The molecule has 1 saturated heterocycles. The first-order valence-corrected chi connectivity index (χ1v) is 11.4. The summed E-state index contributed by atoms with van der Waals surface area (Å²) in [6.07, 6.45) is -2.75. The van der Waals surface area contributed by atoms with Gasteiger partial charge in [0.1, 0.15) is 11.3 Å². The van der Waals surface area contributed by atoms with Crippen LogP contribution in [0.25, 0.3) is 0 Å². The number of hydrogen-bond donors (Lipinski definition) is 2. The zero-order valence-electron chi connectivity index (χ0n) is 19.9. The summed E-state index contributed by atoms with van der Waals surface area (Å²) in [5.74, 6) is -1.90. The second kappa shape index (κ2) is 9.76. The van der Waals surface area contributed by atoms with Gasteiger partial charge in [0.15, 0.2) is 0 Å². The van der Waals surface area contributed by atoms with Crippen LogP contribution in [-0.4, -0.2) is 47.6 Å². The number of nitrogens with zero attached hydrogens (tertiary/aromatic N) is 2. The third-order valence-electron chi connectivity index (χ3n) is 6.15. The van der Waals surface area contributed by atoms with Crippen molar-refractivity contribution in [3.8, 4) is 11.8 Å². The van der Waals surface area contributed by atoms with Gasteiger partial charge in [-0.25, -0.2) is 0 Å². The highest BCUT2D eigenvalue weighted by Crippen LogP contribution is 2.39. The molecule has 1 aromatic carbocycles. The molecular weight excluding hydrogens is 465 g/mol. The summed E-state index contributed by atoms with van der Waals surface area (Å²) in [4.78, 5) is 40.0. The van der Waals surface area contributed by atoms with Crippen molar-refractivity contribution in [3.05, 3.63) is 29.3 Å². The molecule has 2 N–H and O–H groups in total. The molecule has 1 aliphatic carbocycles. The van der Waals surface area contributed by atoms with E-state index in [0.29, 0.717) is 32.2 Å². The van der Waals surface area contributed by atoms with Crippen LogP contribution in [0.5, 0.6) is 5.75 Å². The molecule has 190 valence electrons. The Balaban J connectivity index is 1.62. The lowest BCUT2D eigenvalue weighted by molar-refractivity contribution is -0.274. The number of nitrogens with one attached hydrogen (secondary N) is 2. The van der Waals surface area contributed by atoms with Gasteiger partial charge in [0.25, 0.3) is 0 Å². The molecule has 1 saturated carbocycles. The molecule has 1 atom stereocenters. The number of nitriles is 1. The molecule has 2 fully saturated rings. The fourth-order valence-corrected chi connectivity index (χ4v) is 3.92. The van der Waals surface area contributed by atoms with Crippen molar-refractivity contribution in [1.82, 2.24) is 15.5 Å². The van der Waals surface area contributed by atoms with E-state index in [1.54, 1.807) is 31.7 Å². The molecule has 2 aliphatic rings. The van der Waals surface area contributed by atoms with Crippen molar-refractivity contribution in [2.75, 3.05) is 13.1 Å². The van der Waals surface area contributed by atoms with E-state index in [1.165, 1.54) is 12.1 Å².